The lowest BCUT2D eigenvalue weighted by Gasteiger charge is -2.60. The fourth-order valence-electron chi connectivity index (χ4n) is 6.81. The summed E-state index contributed by atoms with van der Waals surface area (Å²) in [4.78, 5) is -0.178. The molecule has 3 saturated heterocycles. The Kier molecular flexibility index (Phi) is 9.49. The highest BCUT2D eigenvalue weighted by molar-refractivity contribution is 7.85. The second-order valence-corrected chi connectivity index (χ2v) is 13.4. The van der Waals surface area contributed by atoms with Crippen molar-refractivity contribution in [2.75, 3.05) is 32.8 Å². The van der Waals surface area contributed by atoms with Crippen LogP contribution in [0.3, 0.4) is 0 Å². The second kappa shape index (κ2) is 13.1. The molecule has 0 atom stereocenters. The molecule has 0 radical (unpaired) electrons. The molecule has 0 aliphatic carbocycles. The molecule has 0 aromatic heterocycles. The van der Waals surface area contributed by atoms with Crippen LogP contribution >= 0.6 is 0 Å². The molecule has 0 saturated carbocycles. The van der Waals surface area contributed by atoms with Crippen LogP contribution in [-0.2, 0) is 27.1 Å². The van der Waals surface area contributed by atoms with Crippen molar-refractivity contribution in [3.8, 4) is 0 Å². The van der Waals surface area contributed by atoms with Gasteiger partial charge in [-0.25, -0.2) is 8.42 Å². The third-order valence-electron chi connectivity index (χ3n) is 9.48. The maximum atomic E-state index is 12.4. The number of benzene rings is 4. The van der Waals surface area contributed by atoms with Crippen LogP contribution in [0.5, 0.6) is 0 Å². The number of aryl methyl sites for hydroxylation is 1. The van der Waals surface area contributed by atoms with E-state index < -0.39 is 15.7 Å². The second-order valence-electron chi connectivity index (χ2n) is 12.0. The Hall–Kier alpha value is -3.33. The van der Waals surface area contributed by atoms with Crippen molar-refractivity contribution >= 4 is 10.1 Å². The zero-order chi connectivity index (χ0) is 30.4. The molecule has 4 aromatic carbocycles. The predicted octanol–water partition coefficient (Wildman–Crippen LogP) is 6.04. The summed E-state index contributed by atoms with van der Waals surface area (Å²) in [5, 5.41) is 12.4. The summed E-state index contributed by atoms with van der Waals surface area (Å²) in [7, 11) is -4.27. The lowest BCUT2D eigenvalue weighted by Crippen LogP contribution is -2.67. The van der Waals surface area contributed by atoms with Crippen molar-refractivity contribution in [1.29, 1.82) is 0 Å². The Balaban J connectivity index is 0.000000283. The average molecular weight is 600 g/mol. The molecule has 3 aliphatic heterocycles. The van der Waals surface area contributed by atoms with E-state index in [0.29, 0.717) is 6.61 Å². The average Bonchev–Trinajstić information content (AvgIpc) is 3.05. The molecule has 3 heterocycles. The quantitative estimate of drug-likeness (QED) is 0.144. The lowest BCUT2D eigenvalue weighted by molar-refractivity contribution is -0.946. The van der Waals surface area contributed by atoms with Gasteiger partial charge in [0.15, 0.2) is 0 Å². The van der Waals surface area contributed by atoms with Crippen molar-refractivity contribution in [1.82, 2.24) is 0 Å². The van der Waals surface area contributed by atoms with Gasteiger partial charge >= 0.3 is 0 Å². The molecule has 7 heteroatoms. The molecule has 7 rings (SSSR count). The molecular weight excluding hydrogens is 558 g/mol. The zero-order valence-corrected chi connectivity index (χ0v) is 25.6. The van der Waals surface area contributed by atoms with Gasteiger partial charge < -0.3 is 18.9 Å². The van der Waals surface area contributed by atoms with Crippen molar-refractivity contribution in [2.45, 2.75) is 43.3 Å². The number of nitrogens with zero attached hydrogens (tertiary/aromatic N) is 1. The number of hydrogen-bond acceptors (Lipinski definition) is 5. The van der Waals surface area contributed by atoms with Crippen LogP contribution in [0, 0.1) is 12.3 Å². The molecule has 0 spiro atoms. The first kappa shape index (κ1) is 31.1. The molecule has 4 aromatic rings. The van der Waals surface area contributed by atoms with Gasteiger partial charge in [-0.3, -0.25) is 0 Å². The van der Waals surface area contributed by atoms with E-state index in [1.54, 1.807) is 12.1 Å². The topological polar surface area (TPSA) is 86.7 Å². The van der Waals surface area contributed by atoms with E-state index >= 15 is 0 Å². The number of aliphatic hydroxyl groups is 1. The van der Waals surface area contributed by atoms with Crippen molar-refractivity contribution in [3.05, 3.63) is 138 Å². The van der Waals surface area contributed by atoms with Crippen molar-refractivity contribution < 1.29 is 27.3 Å². The summed E-state index contributed by atoms with van der Waals surface area (Å²) in [5.74, 6) is 0. The molecule has 43 heavy (non-hydrogen) atoms. The lowest BCUT2D eigenvalue weighted by atomic mass is 9.56. The molecule has 0 unspecified atom stereocenters. The van der Waals surface area contributed by atoms with E-state index in [1.165, 1.54) is 17.7 Å². The Labute approximate surface area is 255 Å². The number of piperidine rings is 3. The van der Waals surface area contributed by atoms with Gasteiger partial charge in [-0.2, -0.15) is 0 Å². The highest BCUT2D eigenvalue weighted by Crippen LogP contribution is 2.57. The largest absolute Gasteiger partial charge is 0.744 e. The summed E-state index contributed by atoms with van der Waals surface area (Å²) < 4.78 is 38.3. The van der Waals surface area contributed by atoms with Crippen LogP contribution in [0.25, 0.3) is 0 Å². The molecule has 1 N–H and O–H groups in total. The monoisotopic (exact) mass is 599 g/mol. The molecule has 3 fully saturated rings. The third kappa shape index (κ3) is 6.92. The van der Waals surface area contributed by atoms with E-state index in [0.717, 1.165) is 73.2 Å². The van der Waals surface area contributed by atoms with Crippen molar-refractivity contribution in [3.63, 3.8) is 0 Å². The number of rotatable bonds is 9. The number of fused-ring (bicyclic) bond motifs is 3. The fraction of sp³-hybridized carbons (Fsp3) is 0.333. The Bertz CT molecular complexity index is 1490. The SMILES string of the molecule is Cc1ccc(S(=O)(=O)[O-])cc1.OC(c1ccccc1)(c1ccccc1)C12CC[N+](CCOCc3ccccc3)(CC1)CC2. The number of hydrogen-bond donors (Lipinski definition) is 1. The first-order valence-corrected chi connectivity index (χ1v) is 16.4. The molecule has 2 bridgehead atoms. The normalized spacial score (nSPS) is 21.6. The third-order valence-corrected chi connectivity index (χ3v) is 10.3. The summed E-state index contributed by atoms with van der Waals surface area (Å²) in [5.41, 5.74) is 3.16. The van der Waals surface area contributed by atoms with Crippen LogP contribution in [0.2, 0.25) is 0 Å². The number of quaternary nitrogens is 1. The van der Waals surface area contributed by atoms with Crippen LogP contribution in [0.4, 0.5) is 0 Å². The van der Waals surface area contributed by atoms with Gasteiger partial charge in [0.25, 0.3) is 0 Å². The van der Waals surface area contributed by atoms with E-state index in [4.69, 9.17) is 4.74 Å². The van der Waals surface area contributed by atoms with E-state index in [2.05, 4.69) is 72.8 Å². The standard InChI is InChI=1S/C29H34NO2.C7H8O3S/c31-29(26-12-6-2-7-13-26,27-14-8-3-9-15-27)28-16-19-30(20-17-28,21-18-28)22-23-32-24-25-10-4-1-5-11-25;1-6-2-4-7(5-3-6)11(8,9)10/h1-15,31H,16-24H2;2-5H,1H3,(H,8,9,10)/q+1;/p-1. The van der Waals surface area contributed by atoms with Crippen molar-refractivity contribution in [2.24, 2.45) is 5.41 Å². The molecule has 0 amide bonds. The van der Waals surface area contributed by atoms with Gasteiger partial charge in [0.05, 0.1) is 37.7 Å². The minimum absolute atomic E-state index is 0.111. The van der Waals surface area contributed by atoms with Gasteiger partial charge in [0, 0.05) is 24.7 Å². The minimum Gasteiger partial charge on any atom is -0.744 e. The van der Waals surface area contributed by atoms with Gasteiger partial charge in [-0.1, -0.05) is 109 Å². The predicted molar refractivity (Wildman–Crippen MR) is 167 cm³/mol. The maximum Gasteiger partial charge on any atom is 0.124 e. The Morgan fingerprint density at radius 2 is 1.23 bits per heavy atom. The van der Waals surface area contributed by atoms with Gasteiger partial charge in [0.2, 0.25) is 0 Å². The smallest absolute Gasteiger partial charge is 0.124 e. The van der Waals surface area contributed by atoms with E-state index in [9.17, 15) is 18.1 Å². The molecular formula is C36H41NO5S. The summed E-state index contributed by atoms with van der Waals surface area (Å²) >= 11 is 0. The molecule has 6 nitrogen and oxygen atoms in total. The van der Waals surface area contributed by atoms with Crippen LogP contribution in [0.1, 0.15) is 41.5 Å². The van der Waals surface area contributed by atoms with Crippen LogP contribution < -0.4 is 0 Å². The Morgan fingerprint density at radius 3 is 1.70 bits per heavy atom. The summed E-state index contributed by atoms with van der Waals surface area (Å²) in [6, 6.07) is 36.9. The molecule has 3 aliphatic rings. The van der Waals surface area contributed by atoms with Gasteiger partial charge in [-0.05, 0) is 35.7 Å². The molecule has 226 valence electrons. The van der Waals surface area contributed by atoms with E-state index in [1.807, 2.05) is 25.1 Å². The van der Waals surface area contributed by atoms with Gasteiger partial charge in [0.1, 0.15) is 22.3 Å². The first-order chi connectivity index (χ1) is 20.7. The van der Waals surface area contributed by atoms with Crippen LogP contribution in [-0.4, -0.2) is 55.3 Å². The highest BCUT2D eigenvalue weighted by Gasteiger charge is 2.60. The highest BCUT2D eigenvalue weighted by atomic mass is 32.2. The van der Waals surface area contributed by atoms with E-state index in [-0.39, 0.29) is 10.3 Å². The summed E-state index contributed by atoms with van der Waals surface area (Å²) in [6.07, 6.45) is 3.14. The van der Waals surface area contributed by atoms with Gasteiger partial charge in [-0.15, -0.1) is 0 Å². The minimum atomic E-state index is -4.27. The fourth-order valence-corrected chi connectivity index (χ4v) is 7.28. The Morgan fingerprint density at radius 1 is 0.767 bits per heavy atom. The number of ether oxygens (including phenoxy) is 1. The van der Waals surface area contributed by atoms with Crippen LogP contribution in [0.15, 0.2) is 120 Å². The zero-order valence-electron chi connectivity index (χ0n) is 24.8. The first-order valence-electron chi connectivity index (χ1n) is 15.0. The summed E-state index contributed by atoms with van der Waals surface area (Å²) in [6.45, 7) is 7.74. The maximum absolute atomic E-state index is 12.4.